The Labute approximate surface area is 283 Å². The van der Waals surface area contributed by atoms with Gasteiger partial charge in [-0.25, -0.2) is 0 Å². The fourth-order valence-electron chi connectivity index (χ4n) is 4.83. The first kappa shape index (κ1) is 35.4. The van der Waals surface area contributed by atoms with Crippen LogP contribution in [0.5, 0.6) is 28.7 Å². The van der Waals surface area contributed by atoms with Crippen LogP contribution in [0.1, 0.15) is 37.0 Å². The lowest BCUT2D eigenvalue weighted by atomic mass is 10.0. The van der Waals surface area contributed by atoms with Gasteiger partial charge in [0.25, 0.3) is 5.91 Å². The number of fused-ring (bicyclic) bond motifs is 1. The van der Waals surface area contributed by atoms with Crippen molar-refractivity contribution in [2.45, 2.75) is 38.8 Å². The van der Waals surface area contributed by atoms with Gasteiger partial charge in [0, 0.05) is 34.2 Å². The van der Waals surface area contributed by atoms with Gasteiger partial charge in [-0.15, -0.1) is 0 Å². The van der Waals surface area contributed by atoms with Crippen LogP contribution in [-0.2, 0) is 20.8 Å². The molecule has 0 aliphatic heterocycles. The average molecular weight is 723 g/mol. The fraction of sp³-hybridized carbons (Fsp3) is 0.206. The molecule has 0 aliphatic rings. The molecule has 1 heterocycles. The van der Waals surface area contributed by atoms with E-state index in [-0.39, 0.29) is 35.1 Å². The molecule has 4 rings (SSSR count). The van der Waals surface area contributed by atoms with Crippen molar-refractivity contribution in [1.82, 2.24) is 20.9 Å². The van der Waals surface area contributed by atoms with Gasteiger partial charge in [0.2, 0.25) is 11.8 Å². The molecule has 0 radical (unpaired) electrons. The summed E-state index contributed by atoms with van der Waals surface area (Å²) in [4.78, 5) is 43.5. The number of nitrogens with one attached hydrogen (secondary N) is 4. The molecule has 48 heavy (non-hydrogen) atoms. The molecule has 0 saturated carbocycles. The van der Waals surface area contributed by atoms with Crippen LogP contribution in [0, 0.1) is 5.92 Å². The third-order valence-electron chi connectivity index (χ3n) is 7.24. The summed E-state index contributed by atoms with van der Waals surface area (Å²) in [7, 11) is 0. The molecule has 4 aromatic rings. The van der Waals surface area contributed by atoms with Crippen molar-refractivity contribution in [1.29, 1.82) is 0 Å². The zero-order chi connectivity index (χ0) is 35.1. The van der Waals surface area contributed by atoms with Crippen LogP contribution < -0.4 is 21.7 Å². The van der Waals surface area contributed by atoms with Crippen molar-refractivity contribution in [3.05, 3.63) is 87.8 Å². The number of carbonyl (C=O) groups excluding carboxylic acids is 3. The Morgan fingerprint density at radius 2 is 1.58 bits per heavy atom. The van der Waals surface area contributed by atoms with E-state index < -0.39 is 47.1 Å². The van der Waals surface area contributed by atoms with E-state index in [1.807, 2.05) is 32.0 Å². The number of phenolic OH excluding ortho intramolecular Hbond substituents is 5. The molecule has 0 fully saturated rings. The van der Waals surface area contributed by atoms with Gasteiger partial charge in [0.1, 0.15) is 11.7 Å². The molecule has 2 atom stereocenters. The van der Waals surface area contributed by atoms with Crippen molar-refractivity contribution in [2.75, 3.05) is 0 Å². The van der Waals surface area contributed by atoms with Crippen molar-refractivity contribution in [3.63, 3.8) is 0 Å². The van der Waals surface area contributed by atoms with Gasteiger partial charge in [-0.05, 0) is 77.6 Å². The zero-order valence-corrected chi connectivity index (χ0v) is 27.6. The number of aromatic amines is 1. The number of hydrogen-bond acceptors (Lipinski definition) is 9. The van der Waals surface area contributed by atoms with E-state index in [0.717, 1.165) is 33.6 Å². The third-order valence-corrected chi connectivity index (χ3v) is 7.74. The Balaban J connectivity index is 1.67. The summed E-state index contributed by atoms with van der Waals surface area (Å²) in [5.41, 5.74) is 7.72. The summed E-state index contributed by atoms with van der Waals surface area (Å²) >= 11 is 3.43. The van der Waals surface area contributed by atoms with E-state index in [0.29, 0.717) is 17.5 Å². The molecule has 14 heteroatoms. The monoisotopic (exact) mass is 721 g/mol. The minimum atomic E-state index is -1.20. The van der Waals surface area contributed by atoms with E-state index in [9.17, 15) is 39.9 Å². The van der Waals surface area contributed by atoms with Gasteiger partial charge >= 0.3 is 0 Å². The number of benzene rings is 3. The number of halogens is 1. The molecule has 1 aromatic heterocycles. The van der Waals surface area contributed by atoms with E-state index >= 15 is 0 Å². The number of rotatable bonds is 12. The summed E-state index contributed by atoms with van der Waals surface area (Å²) < 4.78 is 0.837. The second kappa shape index (κ2) is 15.4. The largest absolute Gasteiger partial charge is 0.504 e. The summed E-state index contributed by atoms with van der Waals surface area (Å²) in [6.45, 7) is 3.76. The quantitative estimate of drug-likeness (QED) is 0.0756. The lowest BCUT2D eigenvalue weighted by Gasteiger charge is -2.20. The van der Waals surface area contributed by atoms with Crippen molar-refractivity contribution < 1.29 is 39.9 Å². The molecular formula is C34H36BrN5O8. The maximum Gasteiger partial charge on any atom is 0.268 e. The Hall–Kier alpha value is -5.47. The lowest BCUT2D eigenvalue weighted by molar-refractivity contribution is -0.127. The molecule has 0 saturated heterocycles. The number of H-pyrrole nitrogens is 1. The van der Waals surface area contributed by atoms with Gasteiger partial charge in [-0.1, -0.05) is 41.9 Å². The summed E-state index contributed by atoms with van der Waals surface area (Å²) in [5.74, 6) is -4.87. The standard InChI is InChI=1S/C34H36BrN5O8/c1-17(2)9-23(36)32(46)39-25(10-19-12-29(43)31(45)30(44)13-19)34(48)40-26(14-20-16-38-24-15-21(35)4-5-22(20)24)33(47)37-8-7-18-3-6-27(41)28(42)11-18/h3-8,10-13,15-17,23,26,38,41-45H,9,14,36H2,1-2H3,(H,37,47)(H,39,46)(H,40,48)/b8-7+,25-10-/t23-,26-/m0/s1. The number of phenols is 5. The molecule has 0 spiro atoms. The summed E-state index contributed by atoms with van der Waals surface area (Å²) in [5, 5.41) is 57.7. The topological polar surface area (TPSA) is 230 Å². The maximum absolute atomic E-state index is 13.8. The highest BCUT2D eigenvalue weighted by atomic mass is 79.9. The van der Waals surface area contributed by atoms with Crippen LogP contribution in [0.3, 0.4) is 0 Å². The van der Waals surface area contributed by atoms with Gasteiger partial charge in [-0.3, -0.25) is 14.4 Å². The summed E-state index contributed by atoms with van der Waals surface area (Å²) in [6.07, 6.45) is 5.99. The van der Waals surface area contributed by atoms with Gasteiger partial charge in [0.15, 0.2) is 28.7 Å². The second-order valence-corrected chi connectivity index (χ2v) is 12.4. The predicted molar refractivity (Wildman–Crippen MR) is 184 cm³/mol. The van der Waals surface area contributed by atoms with E-state index in [2.05, 4.69) is 36.9 Å². The Bertz CT molecular complexity index is 1880. The van der Waals surface area contributed by atoms with Crippen molar-refractivity contribution >= 4 is 56.7 Å². The van der Waals surface area contributed by atoms with Crippen LogP contribution in [0.25, 0.3) is 23.1 Å². The number of hydrogen-bond donors (Lipinski definition) is 10. The van der Waals surface area contributed by atoms with Crippen LogP contribution in [0.15, 0.2) is 71.1 Å². The minimum Gasteiger partial charge on any atom is -0.504 e. The van der Waals surface area contributed by atoms with Gasteiger partial charge in [0.05, 0.1) is 6.04 Å². The first-order valence-corrected chi connectivity index (χ1v) is 15.6. The molecule has 0 unspecified atom stereocenters. The first-order valence-electron chi connectivity index (χ1n) is 14.8. The Morgan fingerprint density at radius 3 is 2.25 bits per heavy atom. The lowest BCUT2D eigenvalue weighted by Crippen LogP contribution is -2.50. The van der Waals surface area contributed by atoms with Crippen LogP contribution >= 0.6 is 15.9 Å². The molecule has 3 aromatic carbocycles. The minimum absolute atomic E-state index is 0.0158. The van der Waals surface area contributed by atoms with Gasteiger partial charge < -0.3 is 52.2 Å². The van der Waals surface area contributed by atoms with Crippen molar-refractivity contribution in [3.8, 4) is 28.7 Å². The number of carbonyl (C=O) groups is 3. The molecule has 13 nitrogen and oxygen atoms in total. The van der Waals surface area contributed by atoms with Crippen LogP contribution in [-0.4, -0.2) is 60.3 Å². The van der Waals surface area contributed by atoms with Crippen molar-refractivity contribution in [2.24, 2.45) is 11.7 Å². The fourth-order valence-corrected chi connectivity index (χ4v) is 5.19. The number of nitrogens with two attached hydrogens (primary N) is 1. The molecule has 11 N–H and O–H groups in total. The number of aromatic hydroxyl groups is 5. The number of aromatic nitrogens is 1. The highest BCUT2D eigenvalue weighted by Gasteiger charge is 2.26. The molecular weight excluding hydrogens is 686 g/mol. The number of amides is 3. The predicted octanol–water partition coefficient (Wildman–Crippen LogP) is 3.80. The maximum atomic E-state index is 13.8. The molecule has 0 aliphatic carbocycles. The summed E-state index contributed by atoms with van der Waals surface area (Å²) in [6, 6.07) is 9.62. The highest BCUT2D eigenvalue weighted by molar-refractivity contribution is 9.10. The highest BCUT2D eigenvalue weighted by Crippen LogP contribution is 2.36. The average Bonchev–Trinajstić information content (AvgIpc) is 3.41. The van der Waals surface area contributed by atoms with Crippen LogP contribution in [0.4, 0.5) is 0 Å². The van der Waals surface area contributed by atoms with E-state index in [1.165, 1.54) is 30.5 Å². The van der Waals surface area contributed by atoms with E-state index in [1.54, 1.807) is 6.20 Å². The zero-order valence-electron chi connectivity index (χ0n) is 26.0. The Morgan fingerprint density at radius 1 is 0.896 bits per heavy atom. The SMILES string of the molecule is CC(C)C[C@H](N)C(=O)N/C(=C\c1cc(O)c(O)c(O)c1)C(=O)N[C@@H](Cc1c[nH]c2cc(Br)ccc12)C(=O)N/C=C/c1ccc(O)c(O)c1. The normalized spacial score (nSPS) is 13.1. The smallest absolute Gasteiger partial charge is 0.268 e. The van der Waals surface area contributed by atoms with Gasteiger partial charge in [-0.2, -0.15) is 0 Å². The first-order chi connectivity index (χ1) is 22.7. The van der Waals surface area contributed by atoms with E-state index in [4.69, 9.17) is 5.73 Å². The Kier molecular flexibility index (Phi) is 11.4. The second-order valence-electron chi connectivity index (χ2n) is 11.5. The third kappa shape index (κ3) is 9.08. The molecule has 0 bridgehead atoms. The molecule has 3 amide bonds. The molecule has 252 valence electrons. The van der Waals surface area contributed by atoms with Crippen LogP contribution in [0.2, 0.25) is 0 Å².